The fourth-order valence-electron chi connectivity index (χ4n) is 2.97. The minimum absolute atomic E-state index is 0.176. The minimum Gasteiger partial charge on any atom is -0.394 e. The molecule has 0 spiro atoms. The van der Waals surface area contributed by atoms with E-state index in [1.54, 1.807) is 17.7 Å². The first kappa shape index (κ1) is 13.9. The molecule has 2 aromatic heterocycles. The lowest BCUT2D eigenvalue weighted by atomic mass is 10.1. The maximum atomic E-state index is 9.92. The van der Waals surface area contributed by atoms with Crippen molar-refractivity contribution < 1.29 is 14.9 Å². The maximum absolute atomic E-state index is 9.92. The van der Waals surface area contributed by atoms with Crippen molar-refractivity contribution in [3.8, 4) is 10.4 Å². The third-order valence-corrected chi connectivity index (χ3v) is 4.99. The van der Waals surface area contributed by atoms with Crippen molar-refractivity contribution >= 4 is 22.4 Å². The first-order valence-electron chi connectivity index (χ1n) is 7.21. The van der Waals surface area contributed by atoms with Gasteiger partial charge < -0.3 is 19.5 Å². The van der Waals surface area contributed by atoms with Gasteiger partial charge in [0, 0.05) is 16.9 Å². The number of imidazole rings is 1. The molecule has 0 amide bonds. The number of aliphatic hydroxyl groups is 2. The van der Waals surface area contributed by atoms with E-state index in [0.717, 1.165) is 16.6 Å². The van der Waals surface area contributed by atoms with Crippen molar-refractivity contribution in [3.05, 3.63) is 42.0 Å². The van der Waals surface area contributed by atoms with Crippen LogP contribution in [0.15, 0.2) is 42.0 Å². The summed E-state index contributed by atoms with van der Waals surface area (Å²) in [6, 6.07) is 10.2. The van der Waals surface area contributed by atoms with Crippen molar-refractivity contribution in [3.63, 3.8) is 0 Å². The van der Waals surface area contributed by atoms with E-state index >= 15 is 0 Å². The maximum Gasteiger partial charge on any atom is 0.138 e. The van der Waals surface area contributed by atoms with Gasteiger partial charge in [0.15, 0.2) is 0 Å². The molecular weight excluding hydrogens is 300 g/mol. The van der Waals surface area contributed by atoms with Gasteiger partial charge in [-0.15, -0.1) is 11.3 Å². The number of aliphatic hydroxyl groups excluding tert-OH is 2. The lowest BCUT2D eigenvalue weighted by Crippen LogP contribution is -2.24. The van der Waals surface area contributed by atoms with Gasteiger partial charge in [-0.3, -0.25) is 0 Å². The smallest absolute Gasteiger partial charge is 0.138 e. The Balaban J connectivity index is 1.77. The van der Waals surface area contributed by atoms with E-state index in [4.69, 9.17) is 4.74 Å². The largest absolute Gasteiger partial charge is 0.394 e. The van der Waals surface area contributed by atoms with Gasteiger partial charge in [0.25, 0.3) is 0 Å². The Morgan fingerprint density at radius 3 is 2.95 bits per heavy atom. The van der Waals surface area contributed by atoms with Crippen molar-refractivity contribution in [1.29, 1.82) is 0 Å². The molecule has 1 aromatic carbocycles. The van der Waals surface area contributed by atoms with Crippen LogP contribution in [-0.4, -0.2) is 38.6 Å². The number of nitrogens with zero attached hydrogens (tertiary/aromatic N) is 2. The van der Waals surface area contributed by atoms with E-state index in [1.807, 2.05) is 28.1 Å². The van der Waals surface area contributed by atoms with E-state index in [1.165, 1.54) is 4.88 Å². The van der Waals surface area contributed by atoms with Crippen LogP contribution in [0, 0.1) is 0 Å². The van der Waals surface area contributed by atoms with Crippen LogP contribution < -0.4 is 0 Å². The number of hydrogen-bond donors (Lipinski definition) is 2. The molecule has 5 nitrogen and oxygen atoms in total. The number of hydrogen-bond acceptors (Lipinski definition) is 5. The molecule has 1 aliphatic heterocycles. The van der Waals surface area contributed by atoms with Gasteiger partial charge in [0.05, 0.1) is 30.1 Å². The Kier molecular flexibility index (Phi) is 3.46. The molecule has 3 heterocycles. The molecule has 114 valence electrons. The number of rotatable bonds is 3. The molecule has 0 radical (unpaired) electrons. The average Bonchev–Trinajstić information content (AvgIpc) is 3.25. The predicted molar refractivity (Wildman–Crippen MR) is 84.7 cm³/mol. The molecule has 1 saturated heterocycles. The van der Waals surface area contributed by atoms with Gasteiger partial charge in [-0.1, -0.05) is 18.2 Å². The topological polar surface area (TPSA) is 67.5 Å². The molecule has 1 fully saturated rings. The van der Waals surface area contributed by atoms with Crippen LogP contribution in [0.25, 0.3) is 21.5 Å². The van der Waals surface area contributed by atoms with E-state index in [2.05, 4.69) is 17.1 Å². The quantitative estimate of drug-likeness (QED) is 0.778. The van der Waals surface area contributed by atoms with Crippen LogP contribution in [0.2, 0.25) is 0 Å². The zero-order chi connectivity index (χ0) is 15.1. The van der Waals surface area contributed by atoms with Crippen LogP contribution in [0.4, 0.5) is 0 Å². The number of benzene rings is 1. The number of thiophene rings is 1. The zero-order valence-electron chi connectivity index (χ0n) is 11.8. The van der Waals surface area contributed by atoms with Gasteiger partial charge >= 0.3 is 0 Å². The van der Waals surface area contributed by atoms with Gasteiger partial charge in [0.2, 0.25) is 0 Å². The fraction of sp³-hybridized carbons (Fsp3) is 0.312. The van der Waals surface area contributed by atoms with E-state index in [0.29, 0.717) is 6.42 Å². The number of para-hydroxylation sites is 1. The molecule has 0 aliphatic carbocycles. The molecule has 0 saturated carbocycles. The second-order valence-electron chi connectivity index (χ2n) is 5.42. The summed E-state index contributed by atoms with van der Waals surface area (Å²) in [6.45, 7) is -0.176. The van der Waals surface area contributed by atoms with Crippen molar-refractivity contribution in [2.45, 2.75) is 24.9 Å². The SMILES string of the molecule is OC[C@H]1O[C@@H](n2cnc3c(-c4cccs4)cccc32)C[C@@H]1O. The van der Waals surface area contributed by atoms with Crippen molar-refractivity contribution in [1.82, 2.24) is 9.55 Å². The monoisotopic (exact) mass is 316 g/mol. The Morgan fingerprint density at radius 2 is 2.23 bits per heavy atom. The second kappa shape index (κ2) is 5.48. The first-order chi connectivity index (χ1) is 10.8. The van der Waals surface area contributed by atoms with Crippen LogP contribution >= 0.6 is 11.3 Å². The third-order valence-electron chi connectivity index (χ3n) is 4.09. The summed E-state index contributed by atoms with van der Waals surface area (Å²) in [4.78, 5) is 5.72. The molecule has 3 atom stereocenters. The van der Waals surface area contributed by atoms with E-state index in [9.17, 15) is 10.2 Å². The third kappa shape index (κ3) is 2.16. The predicted octanol–water partition coefficient (Wildman–Crippen LogP) is 2.41. The minimum atomic E-state index is -0.645. The van der Waals surface area contributed by atoms with Crippen LogP contribution in [0.3, 0.4) is 0 Å². The molecule has 1 aliphatic rings. The first-order valence-corrected chi connectivity index (χ1v) is 8.09. The van der Waals surface area contributed by atoms with Crippen LogP contribution in [-0.2, 0) is 4.74 Å². The Morgan fingerprint density at radius 1 is 1.32 bits per heavy atom. The zero-order valence-corrected chi connectivity index (χ0v) is 12.6. The highest BCUT2D eigenvalue weighted by atomic mass is 32.1. The summed E-state index contributed by atoms with van der Waals surface area (Å²) in [5.74, 6) is 0. The molecule has 0 unspecified atom stereocenters. The standard InChI is InChI=1S/C16H16N2O3S/c19-8-13-12(20)7-15(21-13)18-9-17-16-10(3-1-4-11(16)18)14-5-2-6-22-14/h1-6,9,12-13,15,19-20H,7-8H2/t12-,13+,15+/m0/s1. The van der Waals surface area contributed by atoms with E-state index in [-0.39, 0.29) is 12.8 Å². The molecular formula is C16H16N2O3S. The molecule has 22 heavy (non-hydrogen) atoms. The Hall–Kier alpha value is -1.73. The second-order valence-corrected chi connectivity index (χ2v) is 6.36. The molecule has 2 N–H and O–H groups in total. The van der Waals surface area contributed by atoms with Crippen LogP contribution in [0.1, 0.15) is 12.6 Å². The summed E-state index contributed by atoms with van der Waals surface area (Å²) < 4.78 is 7.67. The fourth-order valence-corrected chi connectivity index (χ4v) is 3.72. The molecule has 3 aromatic rings. The van der Waals surface area contributed by atoms with E-state index < -0.39 is 12.2 Å². The van der Waals surface area contributed by atoms with Gasteiger partial charge in [-0.2, -0.15) is 0 Å². The number of ether oxygens (including phenoxy) is 1. The highest BCUT2D eigenvalue weighted by molar-refractivity contribution is 7.13. The number of aromatic nitrogens is 2. The summed E-state index contributed by atoms with van der Waals surface area (Å²) in [5, 5.41) is 21.2. The Labute approximate surface area is 131 Å². The van der Waals surface area contributed by atoms with Crippen molar-refractivity contribution in [2.75, 3.05) is 6.61 Å². The highest BCUT2D eigenvalue weighted by Gasteiger charge is 2.35. The Bertz CT molecular complexity index is 784. The van der Waals surface area contributed by atoms with Gasteiger partial charge in [-0.05, 0) is 17.5 Å². The summed E-state index contributed by atoms with van der Waals surface area (Å²) in [7, 11) is 0. The number of fused-ring (bicyclic) bond motifs is 1. The van der Waals surface area contributed by atoms with Crippen LogP contribution in [0.5, 0.6) is 0 Å². The lowest BCUT2D eigenvalue weighted by molar-refractivity contribution is -0.0430. The van der Waals surface area contributed by atoms with Gasteiger partial charge in [0.1, 0.15) is 12.3 Å². The molecule has 6 heteroatoms. The highest BCUT2D eigenvalue weighted by Crippen LogP contribution is 2.35. The molecule has 4 rings (SSSR count). The average molecular weight is 316 g/mol. The summed E-state index contributed by atoms with van der Waals surface area (Å²) >= 11 is 1.68. The summed E-state index contributed by atoms with van der Waals surface area (Å²) in [5.41, 5.74) is 3.00. The molecule has 0 bridgehead atoms. The van der Waals surface area contributed by atoms with Crippen molar-refractivity contribution in [2.24, 2.45) is 0 Å². The summed E-state index contributed by atoms with van der Waals surface area (Å²) in [6.07, 6.45) is 0.741. The normalized spacial score (nSPS) is 25.1. The van der Waals surface area contributed by atoms with Gasteiger partial charge in [-0.25, -0.2) is 4.98 Å². The lowest BCUT2D eigenvalue weighted by Gasteiger charge is -2.14.